The molecular weight excluding hydrogens is 276 g/mol. The summed E-state index contributed by atoms with van der Waals surface area (Å²) >= 11 is 0.339. The van der Waals surface area contributed by atoms with Gasteiger partial charge >= 0.3 is 6.03 Å². The van der Waals surface area contributed by atoms with Gasteiger partial charge in [-0.05, 0) is 12.1 Å². The molecule has 8 heteroatoms. The number of rotatable bonds is 5. The Bertz CT molecular complexity index is 471. The molecule has 0 aliphatic heterocycles. The Kier molecular flexibility index (Phi) is 5.56. The Morgan fingerprint density at radius 2 is 2.05 bits per heavy atom. The SMILES string of the molecule is CN(CC(=O)Nc1ccccc1SC(F)F)C(N)=O. The second-order valence-electron chi connectivity index (χ2n) is 3.62. The number of anilines is 1. The van der Waals surface area contributed by atoms with Crippen LogP contribution in [0.5, 0.6) is 0 Å². The Morgan fingerprint density at radius 3 is 2.63 bits per heavy atom. The Labute approximate surface area is 113 Å². The van der Waals surface area contributed by atoms with Crippen LogP contribution in [0.1, 0.15) is 0 Å². The smallest absolute Gasteiger partial charge is 0.314 e. The molecule has 19 heavy (non-hydrogen) atoms. The number of carbonyl (C=O) groups is 2. The third-order valence-electron chi connectivity index (χ3n) is 2.13. The molecule has 1 rings (SSSR count). The molecule has 0 atom stereocenters. The topological polar surface area (TPSA) is 75.4 Å². The maximum absolute atomic E-state index is 12.3. The third kappa shape index (κ3) is 5.12. The van der Waals surface area contributed by atoms with Gasteiger partial charge in [-0.1, -0.05) is 23.9 Å². The first-order valence-electron chi connectivity index (χ1n) is 5.24. The van der Waals surface area contributed by atoms with Gasteiger partial charge in [0, 0.05) is 11.9 Å². The summed E-state index contributed by atoms with van der Waals surface area (Å²) in [4.78, 5) is 23.6. The molecule has 104 valence electrons. The second kappa shape index (κ2) is 6.93. The number of nitrogens with one attached hydrogen (secondary N) is 1. The van der Waals surface area contributed by atoms with Crippen molar-refractivity contribution in [2.24, 2.45) is 5.73 Å². The van der Waals surface area contributed by atoms with E-state index in [9.17, 15) is 18.4 Å². The maximum Gasteiger partial charge on any atom is 0.314 e. The van der Waals surface area contributed by atoms with Gasteiger partial charge in [0.15, 0.2) is 0 Å². The number of carbonyl (C=O) groups excluding carboxylic acids is 2. The van der Waals surface area contributed by atoms with Crippen LogP contribution in [-0.4, -0.2) is 36.2 Å². The number of primary amides is 1. The molecule has 0 spiro atoms. The van der Waals surface area contributed by atoms with Crippen LogP contribution >= 0.6 is 11.8 Å². The molecule has 1 aromatic rings. The highest BCUT2D eigenvalue weighted by Gasteiger charge is 2.13. The highest BCUT2D eigenvalue weighted by molar-refractivity contribution is 7.99. The van der Waals surface area contributed by atoms with Gasteiger partial charge < -0.3 is 16.0 Å². The van der Waals surface area contributed by atoms with E-state index >= 15 is 0 Å². The van der Waals surface area contributed by atoms with Crippen LogP contribution in [0, 0.1) is 0 Å². The molecule has 5 nitrogen and oxygen atoms in total. The van der Waals surface area contributed by atoms with Gasteiger partial charge in [-0.15, -0.1) is 0 Å². The Balaban J connectivity index is 2.71. The minimum absolute atomic E-state index is 0.247. The fourth-order valence-electron chi connectivity index (χ4n) is 1.25. The number of alkyl halides is 2. The van der Waals surface area contributed by atoms with Gasteiger partial charge in [-0.25, -0.2) is 4.79 Å². The van der Waals surface area contributed by atoms with E-state index in [2.05, 4.69) is 5.32 Å². The Morgan fingerprint density at radius 1 is 1.42 bits per heavy atom. The number of hydrogen-bond acceptors (Lipinski definition) is 3. The zero-order valence-electron chi connectivity index (χ0n) is 10.1. The lowest BCUT2D eigenvalue weighted by Gasteiger charge is -2.15. The zero-order valence-corrected chi connectivity index (χ0v) is 10.9. The van der Waals surface area contributed by atoms with Crippen LogP contribution in [-0.2, 0) is 4.79 Å². The summed E-state index contributed by atoms with van der Waals surface area (Å²) in [7, 11) is 1.36. The lowest BCUT2D eigenvalue weighted by atomic mass is 10.3. The van der Waals surface area contributed by atoms with Crippen LogP contribution in [0.15, 0.2) is 29.2 Å². The van der Waals surface area contributed by atoms with Crippen molar-refractivity contribution in [1.29, 1.82) is 0 Å². The fourth-order valence-corrected chi connectivity index (χ4v) is 1.85. The standard InChI is InChI=1S/C11H13F2N3O2S/c1-16(11(14)18)6-9(17)15-7-4-2-3-5-8(7)19-10(12)13/h2-5,10H,6H2,1H3,(H2,14,18)(H,15,17). The summed E-state index contributed by atoms with van der Waals surface area (Å²) in [5, 5.41) is 2.46. The molecule has 0 aliphatic carbocycles. The number of urea groups is 1. The zero-order chi connectivity index (χ0) is 14.4. The van der Waals surface area contributed by atoms with Crippen LogP contribution in [0.25, 0.3) is 0 Å². The summed E-state index contributed by atoms with van der Waals surface area (Å²) in [5.74, 6) is -3.09. The summed E-state index contributed by atoms with van der Waals surface area (Å²) in [6.07, 6.45) is 0. The van der Waals surface area contributed by atoms with Crippen molar-refractivity contribution in [2.75, 3.05) is 18.9 Å². The number of halogens is 2. The number of thioether (sulfide) groups is 1. The lowest BCUT2D eigenvalue weighted by Crippen LogP contribution is -2.38. The molecule has 0 unspecified atom stereocenters. The van der Waals surface area contributed by atoms with Crippen molar-refractivity contribution in [1.82, 2.24) is 4.90 Å². The molecule has 3 amide bonds. The van der Waals surface area contributed by atoms with Crippen LogP contribution in [0.4, 0.5) is 19.3 Å². The molecule has 0 fully saturated rings. The van der Waals surface area contributed by atoms with Gasteiger partial charge in [0.25, 0.3) is 5.76 Å². The number of nitrogens with two attached hydrogens (primary N) is 1. The van der Waals surface area contributed by atoms with Crippen LogP contribution in [0.3, 0.4) is 0 Å². The third-order valence-corrected chi connectivity index (χ3v) is 2.92. The van der Waals surface area contributed by atoms with Gasteiger partial charge in [0.05, 0.1) is 5.69 Å². The van der Waals surface area contributed by atoms with E-state index in [1.807, 2.05) is 0 Å². The molecule has 0 bridgehead atoms. The summed E-state index contributed by atoms with van der Waals surface area (Å²) < 4.78 is 24.7. The monoisotopic (exact) mass is 289 g/mol. The van der Waals surface area contributed by atoms with Gasteiger partial charge in [-0.2, -0.15) is 8.78 Å². The van der Waals surface area contributed by atoms with Gasteiger partial charge in [-0.3, -0.25) is 4.79 Å². The predicted molar refractivity (Wildman–Crippen MR) is 69.1 cm³/mol. The number of hydrogen-bond donors (Lipinski definition) is 2. The first kappa shape index (κ1) is 15.2. The molecule has 0 aromatic heterocycles. The van der Waals surface area contributed by atoms with Crippen molar-refractivity contribution in [3.05, 3.63) is 24.3 Å². The largest absolute Gasteiger partial charge is 0.351 e. The fraction of sp³-hybridized carbons (Fsp3) is 0.273. The predicted octanol–water partition coefficient (Wildman–Crippen LogP) is 1.95. The summed E-state index contributed by atoms with van der Waals surface area (Å²) in [6.45, 7) is -0.247. The van der Waals surface area contributed by atoms with Crippen LogP contribution in [0.2, 0.25) is 0 Å². The first-order chi connectivity index (χ1) is 8.90. The molecule has 3 N–H and O–H groups in total. The van der Waals surface area contributed by atoms with E-state index in [-0.39, 0.29) is 17.1 Å². The van der Waals surface area contributed by atoms with Gasteiger partial charge in [0.1, 0.15) is 6.54 Å². The van der Waals surface area contributed by atoms with E-state index in [1.165, 1.54) is 19.2 Å². The number of likely N-dealkylation sites (N-methyl/N-ethyl adjacent to an activating group) is 1. The van der Waals surface area contributed by atoms with Crippen molar-refractivity contribution in [3.63, 3.8) is 0 Å². The average Bonchev–Trinajstić information content (AvgIpc) is 2.30. The highest BCUT2D eigenvalue weighted by atomic mass is 32.2. The van der Waals surface area contributed by atoms with Gasteiger partial charge in [0.2, 0.25) is 5.91 Å². The van der Waals surface area contributed by atoms with Crippen molar-refractivity contribution < 1.29 is 18.4 Å². The maximum atomic E-state index is 12.3. The van der Waals surface area contributed by atoms with Crippen molar-refractivity contribution in [3.8, 4) is 0 Å². The van der Waals surface area contributed by atoms with Crippen molar-refractivity contribution in [2.45, 2.75) is 10.7 Å². The van der Waals surface area contributed by atoms with E-state index < -0.39 is 17.7 Å². The molecule has 0 saturated carbocycles. The quantitative estimate of drug-likeness (QED) is 0.813. The lowest BCUT2D eigenvalue weighted by molar-refractivity contribution is -0.116. The minimum atomic E-state index is -2.58. The number of nitrogens with zero attached hydrogens (tertiary/aromatic N) is 1. The molecule has 0 heterocycles. The van der Waals surface area contributed by atoms with E-state index in [0.29, 0.717) is 11.8 Å². The Hall–Kier alpha value is -1.83. The summed E-state index contributed by atoms with van der Waals surface area (Å²) in [6, 6.07) is 5.45. The molecule has 0 radical (unpaired) electrons. The molecule has 0 saturated heterocycles. The average molecular weight is 289 g/mol. The van der Waals surface area contributed by atoms with E-state index in [0.717, 1.165) is 4.90 Å². The summed E-state index contributed by atoms with van der Waals surface area (Å²) in [5.41, 5.74) is 5.25. The second-order valence-corrected chi connectivity index (χ2v) is 4.65. The number of benzene rings is 1. The normalized spacial score (nSPS) is 10.3. The number of para-hydroxylation sites is 1. The van der Waals surface area contributed by atoms with E-state index in [4.69, 9.17) is 5.73 Å². The molecule has 1 aromatic carbocycles. The molecule has 0 aliphatic rings. The first-order valence-corrected chi connectivity index (χ1v) is 6.12. The highest BCUT2D eigenvalue weighted by Crippen LogP contribution is 2.31. The van der Waals surface area contributed by atoms with Crippen LogP contribution < -0.4 is 11.1 Å². The van der Waals surface area contributed by atoms with Crippen molar-refractivity contribution >= 4 is 29.4 Å². The minimum Gasteiger partial charge on any atom is -0.351 e. The number of amides is 3. The van der Waals surface area contributed by atoms with E-state index in [1.54, 1.807) is 12.1 Å². The molecular formula is C11H13F2N3O2S.